The van der Waals surface area contributed by atoms with Crippen LogP contribution < -0.4 is 10.5 Å². The van der Waals surface area contributed by atoms with Gasteiger partial charge in [0.05, 0.1) is 12.2 Å². The molecule has 1 aromatic carbocycles. The van der Waals surface area contributed by atoms with E-state index in [0.29, 0.717) is 0 Å². The lowest BCUT2D eigenvalue weighted by atomic mass is 9.77. The van der Waals surface area contributed by atoms with E-state index in [4.69, 9.17) is 15.2 Å². The molecule has 0 amide bonds. The van der Waals surface area contributed by atoms with Crippen LogP contribution in [0.15, 0.2) is 18.2 Å². The summed E-state index contributed by atoms with van der Waals surface area (Å²) in [6.45, 7) is 7.11. The van der Waals surface area contributed by atoms with E-state index in [9.17, 15) is 0 Å². The van der Waals surface area contributed by atoms with Gasteiger partial charge in [0.25, 0.3) is 0 Å². The maximum atomic E-state index is 6.39. The summed E-state index contributed by atoms with van der Waals surface area (Å²) < 4.78 is 12.2. The van der Waals surface area contributed by atoms with Gasteiger partial charge in [-0.3, -0.25) is 0 Å². The molecule has 1 fully saturated rings. The average molecular weight is 261 g/mol. The van der Waals surface area contributed by atoms with Crippen LogP contribution in [0.4, 0.5) is 0 Å². The number of hydrogen-bond acceptors (Lipinski definition) is 3. The first kappa shape index (κ1) is 12.9. The summed E-state index contributed by atoms with van der Waals surface area (Å²) >= 11 is 0. The van der Waals surface area contributed by atoms with Gasteiger partial charge in [-0.25, -0.2) is 0 Å². The van der Waals surface area contributed by atoms with Crippen molar-refractivity contribution in [3.05, 3.63) is 29.3 Å². The molecule has 2 N–H and O–H groups in total. The molecule has 2 heterocycles. The molecule has 0 aliphatic carbocycles. The minimum Gasteiger partial charge on any atom is -0.487 e. The van der Waals surface area contributed by atoms with E-state index in [0.717, 1.165) is 37.2 Å². The van der Waals surface area contributed by atoms with Crippen LogP contribution in [-0.2, 0) is 4.74 Å². The maximum Gasteiger partial charge on any atom is 0.124 e. The standard InChI is InChI=1S/C16H23NO2/c1-11-4-5-14-12(8-11)13(17)9-16(19-14)6-7-18-15(2,3)10-16/h4-5,8,13H,6-7,9-10,17H2,1-3H3/t13-,16?/m0/s1. The van der Waals surface area contributed by atoms with Crippen molar-refractivity contribution in [3.8, 4) is 5.75 Å². The van der Waals surface area contributed by atoms with E-state index in [2.05, 4.69) is 39.0 Å². The molecular weight excluding hydrogens is 238 g/mol. The summed E-state index contributed by atoms with van der Waals surface area (Å²) in [5.74, 6) is 0.960. The van der Waals surface area contributed by atoms with Gasteiger partial charge < -0.3 is 15.2 Å². The Morgan fingerprint density at radius 1 is 1.32 bits per heavy atom. The Balaban J connectivity index is 1.94. The van der Waals surface area contributed by atoms with E-state index in [1.54, 1.807) is 0 Å². The van der Waals surface area contributed by atoms with Gasteiger partial charge in [-0.15, -0.1) is 0 Å². The van der Waals surface area contributed by atoms with Crippen LogP contribution in [0.5, 0.6) is 5.75 Å². The quantitative estimate of drug-likeness (QED) is 0.780. The highest BCUT2D eigenvalue weighted by atomic mass is 16.5. The number of fused-ring (bicyclic) bond motifs is 1. The largest absolute Gasteiger partial charge is 0.487 e. The lowest BCUT2D eigenvalue weighted by Gasteiger charge is -2.48. The van der Waals surface area contributed by atoms with Gasteiger partial charge in [0.15, 0.2) is 0 Å². The third kappa shape index (κ3) is 2.37. The number of hydrogen-bond donors (Lipinski definition) is 1. The van der Waals surface area contributed by atoms with Crippen molar-refractivity contribution >= 4 is 0 Å². The fourth-order valence-corrected chi connectivity index (χ4v) is 3.53. The lowest BCUT2D eigenvalue weighted by molar-refractivity contribution is -0.141. The minimum atomic E-state index is -0.149. The number of benzene rings is 1. The van der Waals surface area contributed by atoms with Crippen LogP contribution in [0.25, 0.3) is 0 Å². The molecule has 19 heavy (non-hydrogen) atoms. The van der Waals surface area contributed by atoms with E-state index >= 15 is 0 Å². The van der Waals surface area contributed by atoms with Crippen molar-refractivity contribution in [1.29, 1.82) is 0 Å². The van der Waals surface area contributed by atoms with Crippen molar-refractivity contribution in [2.24, 2.45) is 5.73 Å². The Labute approximate surface area is 115 Å². The van der Waals surface area contributed by atoms with Crippen LogP contribution in [0.2, 0.25) is 0 Å². The Kier molecular flexibility index (Phi) is 2.88. The highest BCUT2D eigenvalue weighted by Gasteiger charge is 2.46. The molecule has 0 bridgehead atoms. The molecule has 1 unspecified atom stereocenters. The second-order valence-electron chi connectivity index (χ2n) is 6.67. The molecule has 2 atom stereocenters. The van der Waals surface area contributed by atoms with Crippen molar-refractivity contribution in [3.63, 3.8) is 0 Å². The SMILES string of the molecule is Cc1ccc2c(c1)[C@@H](N)CC1(CCOC(C)(C)C1)O2. The Hall–Kier alpha value is -1.06. The zero-order valence-electron chi connectivity index (χ0n) is 12.0. The van der Waals surface area contributed by atoms with Crippen molar-refractivity contribution < 1.29 is 9.47 Å². The third-order valence-electron chi connectivity index (χ3n) is 4.28. The first-order chi connectivity index (χ1) is 8.89. The van der Waals surface area contributed by atoms with Crippen LogP contribution in [-0.4, -0.2) is 17.8 Å². The molecule has 1 spiro atoms. The second-order valence-corrected chi connectivity index (χ2v) is 6.67. The topological polar surface area (TPSA) is 44.5 Å². The van der Waals surface area contributed by atoms with E-state index < -0.39 is 0 Å². The number of rotatable bonds is 0. The molecule has 2 aliphatic heterocycles. The maximum absolute atomic E-state index is 6.39. The van der Waals surface area contributed by atoms with Gasteiger partial charge in [0.1, 0.15) is 11.4 Å². The fraction of sp³-hybridized carbons (Fsp3) is 0.625. The second kappa shape index (κ2) is 4.22. The zero-order chi connectivity index (χ0) is 13.7. The van der Waals surface area contributed by atoms with Crippen molar-refractivity contribution in [1.82, 2.24) is 0 Å². The molecule has 1 aromatic rings. The Morgan fingerprint density at radius 3 is 2.84 bits per heavy atom. The van der Waals surface area contributed by atoms with Crippen molar-refractivity contribution in [2.45, 2.75) is 57.3 Å². The van der Waals surface area contributed by atoms with E-state index in [1.807, 2.05) is 0 Å². The molecule has 0 radical (unpaired) electrons. The molecule has 3 rings (SSSR count). The average Bonchev–Trinajstić information content (AvgIpc) is 2.29. The monoisotopic (exact) mass is 261 g/mol. The zero-order valence-corrected chi connectivity index (χ0v) is 12.0. The smallest absolute Gasteiger partial charge is 0.124 e. The van der Waals surface area contributed by atoms with E-state index in [1.165, 1.54) is 5.56 Å². The highest BCUT2D eigenvalue weighted by Crippen LogP contribution is 2.46. The van der Waals surface area contributed by atoms with Gasteiger partial charge in [0, 0.05) is 30.9 Å². The summed E-state index contributed by atoms with van der Waals surface area (Å²) in [6.07, 6.45) is 2.72. The summed E-state index contributed by atoms with van der Waals surface area (Å²) in [5.41, 5.74) is 8.50. The summed E-state index contributed by atoms with van der Waals surface area (Å²) in [7, 11) is 0. The van der Waals surface area contributed by atoms with Gasteiger partial charge in [-0.1, -0.05) is 17.7 Å². The molecule has 104 valence electrons. The predicted octanol–water partition coefficient (Wildman–Crippen LogP) is 3.11. The van der Waals surface area contributed by atoms with Crippen LogP contribution >= 0.6 is 0 Å². The van der Waals surface area contributed by atoms with Crippen molar-refractivity contribution in [2.75, 3.05) is 6.61 Å². The number of nitrogens with two attached hydrogens (primary N) is 1. The molecule has 3 heteroatoms. The molecule has 0 saturated carbocycles. The van der Waals surface area contributed by atoms with Gasteiger partial charge >= 0.3 is 0 Å². The molecule has 2 aliphatic rings. The summed E-state index contributed by atoms with van der Waals surface area (Å²) in [4.78, 5) is 0. The lowest BCUT2D eigenvalue weighted by Crippen LogP contribution is -2.52. The molecule has 1 saturated heterocycles. The van der Waals surface area contributed by atoms with Crippen LogP contribution in [0, 0.1) is 6.92 Å². The van der Waals surface area contributed by atoms with Gasteiger partial charge in [-0.05, 0) is 26.8 Å². The third-order valence-corrected chi connectivity index (χ3v) is 4.28. The number of aryl methyl sites for hydroxylation is 1. The Morgan fingerprint density at radius 2 is 2.11 bits per heavy atom. The van der Waals surface area contributed by atoms with E-state index in [-0.39, 0.29) is 17.2 Å². The highest BCUT2D eigenvalue weighted by molar-refractivity contribution is 5.41. The van der Waals surface area contributed by atoms with Crippen LogP contribution in [0.3, 0.4) is 0 Å². The first-order valence-electron chi connectivity index (χ1n) is 7.08. The Bertz CT molecular complexity index is 498. The predicted molar refractivity (Wildman–Crippen MR) is 75.3 cm³/mol. The normalized spacial score (nSPS) is 32.7. The molecule has 0 aromatic heterocycles. The summed E-state index contributed by atoms with van der Waals surface area (Å²) in [5, 5.41) is 0. The molecule has 3 nitrogen and oxygen atoms in total. The number of ether oxygens (including phenoxy) is 2. The van der Waals surface area contributed by atoms with Crippen LogP contribution in [0.1, 0.15) is 50.3 Å². The first-order valence-corrected chi connectivity index (χ1v) is 7.08. The summed E-state index contributed by atoms with van der Waals surface area (Å²) in [6, 6.07) is 6.37. The molecular formula is C16H23NO2. The van der Waals surface area contributed by atoms with Gasteiger partial charge in [0.2, 0.25) is 0 Å². The minimum absolute atomic E-state index is 0.0672. The van der Waals surface area contributed by atoms with Gasteiger partial charge in [-0.2, -0.15) is 0 Å². The fourth-order valence-electron chi connectivity index (χ4n) is 3.53.